The molecular weight excluding hydrogens is 309 g/mol. The monoisotopic (exact) mass is 322 g/mol. The van der Waals surface area contributed by atoms with Gasteiger partial charge in [0.15, 0.2) is 17.5 Å². The number of carbonyl (C=O) groups excluding carboxylic acids is 2. The van der Waals surface area contributed by atoms with Crippen molar-refractivity contribution in [2.45, 2.75) is 6.42 Å². The van der Waals surface area contributed by atoms with Crippen LogP contribution in [0.5, 0.6) is 0 Å². The molecule has 0 spiro atoms. The second-order valence-corrected chi connectivity index (χ2v) is 4.71. The first-order valence-corrected chi connectivity index (χ1v) is 6.71. The van der Waals surface area contributed by atoms with Crippen molar-refractivity contribution in [3.8, 4) is 0 Å². The highest BCUT2D eigenvalue weighted by molar-refractivity contribution is 5.94. The van der Waals surface area contributed by atoms with Gasteiger partial charge in [0.1, 0.15) is 0 Å². The minimum Gasteiger partial charge on any atom is -0.347 e. The van der Waals surface area contributed by atoms with Gasteiger partial charge in [-0.1, -0.05) is 30.3 Å². The van der Waals surface area contributed by atoms with E-state index in [1.807, 2.05) is 6.07 Å². The largest absolute Gasteiger partial charge is 0.347 e. The third kappa shape index (κ3) is 4.57. The maximum absolute atomic E-state index is 13.4. The molecule has 120 valence electrons. The lowest BCUT2D eigenvalue weighted by Crippen LogP contribution is -2.34. The number of hydrogen-bond donors (Lipinski definition) is 2. The molecule has 4 nitrogen and oxygen atoms in total. The zero-order chi connectivity index (χ0) is 16.8. The molecule has 0 unspecified atom stereocenters. The van der Waals surface area contributed by atoms with Gasteiger partial charge < -0.3 is 10.6 Å². The van der Waals surface area contributed by atoms with Gasteiger partial charge in [-0.3, -0.25) is 9.59 Å². The molecule has 0 aromatic heterocycles. The summed E-state index contributed by atoms with van der Waals surface area (Å²) in [6, 6.07) is 10.5. The van der Waals surface area contributed by atoms with E-state index >= 15 is 0 Å². The van der Waals surface area contributed by atoms with E-state index < -0.39 is 41.5 Å². The topological polar surface area (TPSA) is 58.2 Å². The van der Waals surface area contributed by atoms with Crippen LogP contribution in [0.4, 0.5) is 18.9 Å². The lowest BCUT2D eigenvalue weighted by atomic mass is 10.1. The highest BCUT2D eigenvalue weighted by Gasteiger charge is 2.15. The van der Waals surface area contributed by atoms with Gasteiger partial charge in [0.2, 0.25) is 11.8 Å². The van der Waals surface area contributed by atoms with Gasteiger partial charge in [0.25, 0.3) is 0 Å². The highest BCUT2D eigenvalue weighted by Crippen LogP contribution is 2.19. The molecule has 2 N–H and O–H groups in total. The number of nitrogens with one attached hydrogen (secondary N) is 2. The second-order valence-electron chi connectivity index (χ2n) is 4.71. The Morgan fingerprint density at radius 3 is 2.26 bits per heavy atom. The molecule has 2 aromatic carbocycles. The first-order chi connectivity index (χ1) is 11.0. The van der Waals surface area contributed by atoms with Gasteiger partial charge in [-0.2, -0.15) is 0 Å². The van der Waals surface area contributed by atoms with E-state index in [0.717, 1.165) is 11.6 Å². The molecule has 2 aromatic rings. The van der Waals surface area contributed by atoms with Gasteiger partial charge in [-0.05, 0) is 17.7 Å². The van der Waals surface area contributed by atoms with Crippen LogP contribution in [0.3, 0.4) is 0 Å². The van der Waals surface area contributed by atoms with E-state index in [2.05, 4.69) is 10.6 Å². The predicted octanol–water partition coefficient (Wildman–Crippen LogP) is 2.40. The molecule has 0 heterocycles. The lowest BCUT2D eigenvalue weighted by molar-refractivity contribution is -0.123. The predicted molar refractivity (Wildman–Crippen MR) is 78.1 cm³/mol. The maximum Gasteiger partial charge on any atom is 0.243 e. The second kappa shape index (κ2) is 7.44. The molecule has 0 fully saturated rings. The summed E-state index contributed by atoms with van der Waals surface area (Å²) < 4.78 is 39.2. The summed E-state index contributed by atoms with van der Waals surface area (Å²) in [6.45, 7) is -0.413. The zero-order valence-corrected chi connectivity index (χ0v) is 11.9. The van der Waals surface area contributed by atoms with Crippen molar-refractivity contribution >= 4 is 17.5 Å². The molecule has 0 aliphatic carbocycles. The summed E-state index contributed by atoms with van der Waals surface area (Å²) in [5, 5.41) is 4.42. The molecule has 7 heteroatoms. The Morgan fingerprint density at radius 2 is 1.57 bits per heavy atom. The average molecular weight is 322 g/mol. The van der Waals surface area contributed by atoms with Crippen LogP contribution in [0.25, 0.3) is 0 Å². The molecule has 0 aliphatic rings. The van der Waals surface area contributed by atoms with Crippen molar-refractivity contribution in [1.82, 2.24) is 5.32 Å². The van der Waals surface area contributed by atoms with Crippen molar-refractivity contribution < 1.29 is 22.8 Å². The smallest absolute Gasteiger partial charge is 0.243 e. The third-order valence-electron chi connectivity index (χ3n) is 2.96. The van der Waals surface area contributed by atoms with Crippen LogP contribution in [0.1, 0.15) is 5.56 Å². The van der Waals surface area contributed by atoms with E-state index in [1.54, 1.807) is 24.3 Å². The fourth-order valence-corrected chi connectivity index (χ4v) is 1.84. The van der Waals surface area contributed by atoms with Crippen LogP contribution in [-0.4, -0.2) is 18.4 Å². The fourth-order valence-electron chi connectivity index (χ4n) is 1.84. The minimum absolute atomic E-state index is 0.0909. The van der Waals surface area contributed by atoms with Crippen LogP contribution in [-0.2, 0) is 16.0 Å². The molecule has 2 amide bonds. The Kier molecular flexibility index (Phi) is 5.35. The molecular formula is C16H13F3N2O2. The number of hydrogen-bond acceptors (Lipinski definition) is 2. The quantitative estimate of drug-likeness (QED) is 0.831. The number of rotatable bonds is 5. The Bertz CT molecular complexity index is 721. The van der Waals surface area contributed by atoms with Crippen molar-refractivity contribution in [2.24, 2.45) is 0 Å². The summed E-state index contributed by atoms with van der Waals surface area (Å²) in [4.78, 5) is 23.3. The van der Waals surface area contributed by atoms with Crippen LogP contribution >= 0.6 is 0 Å². The minimum atomic E-state index is -1.67. The molecule has 2 rings (SSSR count). The Labute approximate surface area is 130 Å². The summed E-state index contributed by atoms with van der Waals surface area (Å²) in [5.74, 6) is -5.66. The molecule has 0 bridgehead atoms. The first kappa shape index (κ1) is 16.5. The van der Waals surface area contributed by atoms with E-state index in [-0.39, 0.29) is 6.42 Å². The number of anilines is 1. The highest BCUT2D eigenvalue weighted by atomic mass is 19.2. The molecule has 0 saturated heterocycles. The van der Waals surface area contributed by atoms with E-state index in [9.17, 15) is 22.8 Å². The fraction of sp³-hybridized carbons (Fsp3) is 0.125. The summed E-state index contributed by atoms with van der Waals surface area (Å²) >= 11 is 0. The van der Waals surface area contributed by atoms with Gasteiger partial charge in [-0.15, -0.1) is 0 Å². The Hall–Kier alpha value is -2.83. The van der Waals surface area contributed by atoms with Crippen LogP contribution in [0, 0.1) is 17.5 Å². The van der Waals surface area contributed by atoms with Gasteiger partial charge in [0.05, 0.1) is 18.7 Å². The van der Waals surface area contributed by atoms with Crippen LogP contribution < -0.4 is 10.6 Å². The van der Waals surface area contributed by atoms with E-state index in [4.69, 9.17) is 0 Å². The third-order valence-corrected chi connectivity index (χ3v) is 2.96. The normalized spacial score (nSPS) is 10.2. The SMILES string of the molecule is O=C(Cc1ccccc1)NCC(=O)Nc1ccc(F)c(F)c1F. The maximum atomic E-state index is 13.4. The van der Waals surface area contributed by atoms with Crippen molar-refractivity contribution in [3.05, 3.63) is 65.5 Å². The summed E-state index contributed by atoms with van der Waals surface area (Å²) in [6.07, 6.45) is 0.0909. The van der Waals surface area contributed by atoms with E-state index in [1.165, 1.54) is 0 Å². The number of amides is 2. The standard InChI is InChI=1S/C16H13F3N2O2/c17-11-6-7-12(16(19)15(11)18)21-14(23)9-20-13(22)8-10-4-2-1-3-5-10/h1-7H,8-9H2,(H,20,22)(H,21,23). The van der Waals surface area contributed by atoms with E-state index in [0.29, 0.717) is 6.07 Å². The van der Waals surface area contributed by atoms with Gasteiger partial charge >= 0.3 is 0 Å². The molecule has 23 heavy (non-hydrogen) atoms. The number of benzene rings is 2. The summed E-state index contributed by atoms with van der Waals surface area (Å²) in [5.41, 5.74) is 0.281. The van der Waals surface area contributed by atoms with Crippen LogP contribution in [0.2, 0.25) is 0 Å². The number of carbonyl (C=O) groups is 2. The Balaban J connectivity index is 1.86. The zero-order valence-electron chi connectivity index (χ0n) is 11.9. The molecule has 0 radical (unpaired) electrons. The van der Waals surface area contributed by atoms with Crippen molar-refractivity contribution in [2.75, 3.05) is 11.9 Å². The first-order valence-electron chi connectivity index (χ1n) is 6.71. The summed E-state index contributed by atoms with van der Waals surface area (Å²) in [7, 11) is 0. The van der Waals surface area contributed by atoms with Crippen molar-refractivity contribution in [1.29, 1.82) is 0 Å². The number of halogens is 3. The lowest BCUT2D eigenvalue weighted by Gasteiger charge is -2.08. The Morgan fingerprint density at radius 1 is 0.870 bits per heavy atom. The van der Waals surface area contributed by atoms with Crippen molar-refractivity contribution in [3.63, 3.8) is 0 Å². The molecule has 0 saturated carbocycles. The molecule has 0 atom stereocenters. The van der Waals surface area contributed by atoms with Gasteiger partial charge in [0, 0.05) is 0 Å². The average Bonchev–Trinajstić information content (AvgIpc) is 2.54. The molecule has 0 aliphatic heterocycles. The van der Waals surface area contributed by atoms with Gasteiger partial charge in [-0.25, -0.2) is 13.2 Å². The van der Waals surface area contributed by atoms with Crippen LogP contribution in [0.15, 0.2) is 42.5 Å².